The first-order valence-corrected chi connectivity index (χ1v) is 7.08. The molecular formula is C12H15Cl2N3O2. The summed E-state index contributed by atoms with van der Waals surface area (Å²) in [5.74, 6) is 1.62. The summed E-state index contributed by atoms with van der Waals surface area (Å²) in [5, 5.41) is 0.195. The number of morpholine rings is 1. The van der Waals surface area contributed by atoms with Crippen LogP contribution in [-0.2, 0) is 10.6 Å². The first-order valence-electron chi connectivity index (χ1n) is 6.17. The van der Waals surface area contributed by atoms with E-state index in [1.807, 2.05) is 0 Å². The Balaban J connectivity index is 2.14. The lowest BCUT2D eigenvalue weighted by atomic mass is 9.96. The fourth-order valence-electron chi connectivity index (χ4n) is 2.78. The molecule has 0 spiro atoms. The normalized spacial score (nSPS) is 29.5. The third kappa shape index (κ3) is 2.04. The number of halogens is 2. The molecule has 5 nitrogen and oxygen atoms in total. The molecule has 0 aliphatic carbocycles. The molecule has 1 fully saturated rings. The van der Waals surface area contributed by atoms with E-state index in [1.165, 1.54) is 0 Å². The van der Waals surface area contributed by atoms with Crippen molar-refractivity contribution in [2.45, 2.75) is 31.3 Å². The second-order valence-corrected chi connectivity index (χ2v) is 5.85. The van der Waals surface area contributed by atoms with Crippen molar-refractivity contribution < 1.29 is 9.47 Å². The molecular weight excluding hydrogens is 289 g/mol. The number of hydrogen-bond donors (Lipinski definition) is 0. The Morgan fingerprint density at radius 2 is 2.21 bits per heavy atom. The predicted octanol–water partition coefficient (Wildman–Crippen LogP) is 2.25. The Hall–Kier alpha value is -0.780. The topological polar surface area (TPSA) is 47.5 Å². The van der Waals surface area contributed by atoms with Crippen LogP contribution in [0.1, 0.15) is 19.5 Å². The predicted molar refractivity (Wildman–Crippen MR) is 73.3 cm³/mol. The Morgan fingerprint density at radius 1 is 1.42 bits per heavy atom. The third-order valence-corrected chi connectivity index (χ3v) is 3.99. The van der Waals surface area contributed by atoms with Gasteiger partial charge in [0.1, 0.15) is 12.3 Å². The Kier molecular flexibility index (Phi) is 3.23. The van der Waals surface area contributed by atoms with Gasteiger partial charge in [0.2, 0.25) is 5.28 Å². The maximum atomic E-state index is 5.99. The van der Waals surface area contributed by atoms with Crippen molar-refractivity contribution in [3.63, 3.8) is 0 Å². The highest BCUT2D eigenvalue weighted by atomic mass is 35.5. The summed E-state index contributed by atoms with van der Waals surface area (Å²) >= 11 is 11.9. The van der Waals surface area contributed by atoms with Gasteiger partial charge in [-0.3, -0.25) is 0 Å². The molecule has 0 N–H and O–H groups in total. The number of hydrogen-bond acceptors (Lipinski definition) is 5. The molecule has 0 aromatic carbocycles. The lowest BCUT2D eigenvalue weighted by molar-refractivity contribution is 0.00721. The minimum Gasteiger partial charge on any atom is -0.485 e. The van der Waals surface area contributed by atoms with Crippen LogP contribution in [0.25, 0.3) is 0 Å². The molecule has 1 aromatic rings. The zero-order chi connectivity index (χ0) is 13.6. The standard InChI is InChI=1S/C12H15Cl2N3O2/c1-7-4-18-5-12(2)6-19-9-8(3-13)15-11(14)16-10(9)17(7)12/h7H,3-6H2,1-2H3/t7-,12?/m1/s1. The van der Waals surface area contributed by atoms with Crippen molar-refractivity contribution >= 4 is 29.0 Å². The molecule has 3 heterocycles. The molecule has 2 aliphatic rings. The van der Waals surface area contributed by atoms with Gasteiger partial charge in [-0.2, -0.15) is 4.98 Å². The Bertz CT molecular complexity index is 514. The summed E-state index contributed by atoms with van der Waals surface area (Å²) in [4.78, 5) is 10.7. The third-order valence-electron chi connectivity index (χ3n) is 3.57. The summed E-state index contributed by atoms with van der Waals surface area (Å²) in [5.41, 5.74) is 0.406. The molecule has 0 saturated carbocycles. The number of nitrogens with zero attached hydrogens (tertiary/aromatic N) is 3. The van der Waals surface area contributed by atoms with E-state index in [2.05, 4.69) is 28.7 Å². The van der Waals surface area contributed by atoms with Crippen LogP contribution in [0.3, 0.4) is 0 Å². The highest BCUT2D eigenvalue weighted by Gasteiger charge is 2.45. The second-order valence-electron chi connectivity index (χ2n) is 5.25. The van der Waals surface area contributed by atoms with Crippen LogP contribution in [0.15, 0.2) is 0 Å². The van der Waals surface area contributed by atoms with Gasteiger partial charge in [0.25, 0.3) is 0 Å². The highest BCUT2D eigenvalue weighted by molar-refractivity contribution is 6.28. The van der Waals surface area contributed by atoms with E-state index in [9.17, 15) is 0 Å². The number of ether oxygens (including phenoxy) is 2. The van der Waals surface area contributed by atoms with E-state index >= 15 is 0 Å². The van der Waals surface area contributed by atoms with Crippen LogP contribution >= 0.6 is 23.2 Å². The van der Waals surface area contributed by atoms with Crippen molar-refractivity contribution in [1.29, 1.82) is 0 Å². The number of alkyl halides is 1. The van der Waals surface area contributed by atoms with Gasteiger partial charge in [0, 0.05) is 0 Å². The molecule has 0 bridgehead atoms. The summed E-state index contributed by atoms with van der Waals surface area (Å²) in [6, 6.07) is 0.204. The van der Waals surface area contributed by atoms with Gasteiger partial charge in [-0.25, -0.2) is 4.98 Å². The van der Waals surface area contributed by atoms with Crippen LogP contribution in [-0.4, -0.2) is 41.4 Å². The van der Waals surface area contributed by atoms with Crippen LogP contribution in [0, 0.1) is 0 Å². The van der Waals surface area contributed by atoms with Gasteiger partial charge < -0.3 is 14.4 Å². The van der Waals surface area contributed by atoms with Crippen molar-refractivity contribution in [3.05, 3.63) is 11.0 Å². The zero-order valence-corrected chi connectivity index (χ0v) is 12.3. The van der Waals surface area contributed by atoms with E-state index < -0.39 is 0 Å². The highest BCUT2D eigenvalue weighted by Crippen LogP contribution is 2.42. The van der Waals surface area contributed by atoms with Gasteiger partial charge >= 0.3 is 0 Å². The summed E-state index contributed by atoms with van der Waals surface area (Å²) in [6.45, 7) is 5.99. The SMILES string of the molecule is C[C@@H]1COCC2(C)COc3c(CCl)nc(Cl)nc3N12. The van der Waals surface area contributed by atoms with Gasteiger partial charge in [-0.05, 0) is 25.4 Å². The van der Waals surface area contributed by atoms with Gasteiger partial charge in [0.15, 0.2) is 11.6 Å². The summed E-state index contributed by atoms with van der Waals surface area (Å²) in [7, 11) is 0. The van der Waals surface area contributed by atoms with Gasteiger partial charge in [-0.15, -0.1) is 11.6 Å². The Morgan fingerprint density at radius 3 is 2.95 bits per heavy atom. The van der Waals surface area contributed by atoms with Gasteiger partial charge in [0.05, 0.1) is 30.7 Å². The number of anilines is 1. The Labute approximate surface area is 121 Å². The largest absolute Gasteiger partial charge is 0.485 e. The molecule has 2 aliphatic heterocycles. The molecule has 19 heavy (non-hydrogen) atoms. The van der Waals surface area contributed by atoms with Crippen molar-refractivity contribution in [3.8, 4) is 5.75 Å². The maximum absolute atomic E-state index is 5.99. The minimum atomic E-state index is -0.230. The minimum absolute atomic E-state index is 0.195. The molecule has 3 rings (SSSR count). The van der Waals surface area contributed by atoms with Crippen LogP contribution in [0.4, 0.5) is 5.82 Å². The molecule has 104 valence electrons. The maximum Gasteiger partial charge on any atom is 0.224 e. The van der Waals surface area contributed by atoms with Crippen molar-refractivity contribution in [2.24, 2.45) is 0 Å². The summed E-state index contributed by atoms with van der Waals surface area (Å²) < 4.78 is 11.5. The molecule has 1 aromatic heterocycles. The fraction of sp³-hybridized carbons (Fsp3) is 0.667. The van der Waals surface area contributed by atoms with E-state index in [-0.39, 0.29) is 22.7 Å². The number of rotatable bonds is 1. The molecule has 2 atom stereocenters. The van der Waals surface area contributed by atoms with Gasteiger partial charge in [-0.1, -0.05) is 0 Å². The first kappa shape index (κ1) is 13.2. The lowest BCUT2D eigenvalue weighted by Gasteiger charge is -2.51. The zero-order valence-electron chi connectivity index (χ0n) is 10.8. The van der Waals surface area contributed by atoms with Crippen LogP contribution in [0.5, 0.6) is 5.75 Å². The van der Waals surface area contributed by atoms with E-state index in [0.717, 1.165) is 5.82 Å². The van der Waals surface area contributed by atoms with Crippen LogP contribution in [0.2, 0.25) is 5.28 Å². The second kappa shape index (κ2) is 4.65. The van der Waals surface area contributed by atoms with E-state index in [4.69, 9.17) is 32.7 Å². The van der Waals surface area contributed by atoms with Crippen molar-refractivity contribution in [2.75, 3.05) is 24.7 Å². The molecule has 7 heteroatoms. The summed E-state index contributed by atoms with van der Waals surface area (Å²) in [6.07, 6.45) is 0. The first-order chi connectivity index (χ1) is 9.05. The lowest BCUT2D eigenvalue weighted by Crippen LogP contribution is -2.64. The smallest absolute Gasteiger partial charge is 0.224 e. The average molecular weight is 304 g/mol. The fourth-order valence-corrected chi connectivity index (χ4v) is 3.15. The molecule has 0 amide bonds. The van der Waals surface area contributed by atoms with E-state index in [1.54, 1.807) is 0 Å². The molecule has 1 unspecified atom stereocenters. The number of aromatic nitrogens is 2. The molecule has 0 radical (unpaired) electrons. The quantitative estimate of drug-likeness (QED) is 0.588. The molecule has 1 saturated heterocycles. The van der Waals surface area contributed by atoms with Crippen molar-refractivity contribution in [1.82, 2.24) is 9.97 Å². The monoisotopic (exact) mass is 303 g/mol. The average Bonchev–Trinajstić information content (AvgIpc) is 2.36. The van der Waals surface area contributed by atoms with Crippen LogP contribution < -0.4 is 9.64 Å². The number of fused-ring (bicyclic) bond motifs is 3. The van der Waals surface area contributed by atoms with E-state index in [0.29, 0.717) is 31.3 Å².